The number of carbonyl (C=O) groups is 2. The number of benzene rings is 1. The fraction of sp³-hybridized carbons (Fsp3) is 0.409. The lowest BCUT2D eigenvalue weighted by atomic mass is 9.72. The van der Waals surface area contributed by atoms with Crippen LogP contribution in [-0.2, 0) is 26.3 Å². The van der Waals surface area contributed by atoms with Gasteiger partial charge in [0, 0.05) is 26.6 Å². The van der Waals surface area contributed by atoms with Gasteiger partial charge in [0.15, 0.2) is 11.5 Å². The number of nitrogens with two attached hydrogens (primary N) is 1. The molecule has 1 aliphatic heterocycles. The Morgan fingerprint density at radius 2 is 1.87 bits per heavy atom. The number of carbonyl (C=O) groups excluding carboxylic acids is 2. The number of aryl methyl sites for hydroxylation is 1. The molecule has 2 N–H and O–H groups in total. The summed E-state index contributed by atoms with van der Waals surface area (Å²) in [6.07, 6.45) is 4.80. The van der Waals surface area contributed by atoms with Gasteiger partial charge in [-0.15, -0.1) is 0 Å². The van der Waals surface area contributed by atoms with Gasteiger partial charge >= 0.3 is 5.97 Å². The van der Waals surface area contributed by atoms with Gasteiger partial charge in [0.25, 0.3) is 0 Å². The lowest BCUT2D eigenvalue weighted by Gasteiger charge is -2.40. The molecule has 1 saturated heterocycles. The Kier molecular flexibility index (Phi) is 5.83. The fourth-order valence-corrected chi connectivity index (χ4v) is 4.17. The SMILES string of the molecule is CC(=O)N1CCC(C(=O)OCCCn2cnc3c(N)ncnc32)(c2ccccc2)CC1. The molecule has 162 valence electrons. The normalized spacial score (nSPS) is 15.7. The Balaban J connectivity index is 1.41. The van der Waals surface area contributed by atoms with Crippen LogP contribution in [0.2, 0.25) is 0 Å². The van der Waals surface area contributed by atoms with Crippen LogP contribution in [-0.4, -0.2) is 56.0 Å². The minimum absolute atomic E-state index is 0.0343. The van der Waals surface area contributed by atoms with Gasteiger partial charge in [0.1, 0.15) is 11.8 Å². The number of piperidine rings is 1. The van der Waals surface area contributed by atoms with Crippen LogP contribution in [0.3, 0.4) is 0 Å². The molecule has 1 amide bonds. The molecule has 0 unspecified atom stereocenters. The quantitative estimate of drug-likeness (QED) is 0.476. The van der Waals surface area contributed by atoms with Gasteiger partial charge in [-0.25, -0.2) is 15.0 Å². The summed E-state index contributed by atoms with van der Waals surface area (Å²) in [6, 6.07) is 9.72. The van der Waals surface area contributed by atoms with Gasteiger partial charge < -0.3 is 19.9 Å². The van der Waals surface area contributed by atoms with E-state index in [1.165, 1.54) is 6.33 Å². The number of rotatable bonds is 6. The van der Waals surface area contributed by atoms with Crippen LogP contribution in [0.1, 0.15) is 31.7 Å². The third-order valence-electron chi connectivity index (χ3n) is 5.99. The predicted molar refractivity (Wildman–Crippen MR) is 115 cm³/mol. The van der Waals surface area contributed by atoms with Gasteiger partial charge in [0.2, 0.25) is 5.91 Å². The molecule has 9 nitrogen and oxygen atoms in total. The van der Waals surface area contributed by atoms with Crippen molar-refractivity contribution in [3.05, 3.63) is 48.5 Å². The molecule has 0 saturated carbocycles. The molecule has 9 heteroatoms. The summed E-state index contributed by atoms with van der Waals surface area (Å²) in [6.45, 7) is 3.52. The van der Waals surface area contributed by atoms with Crippen molar-refractivity contribution in [3.63, 3.8) is 0 Å². The molecule has 0 aliphatic carbocycles. The molecule has 0 atom stereocenters. The first-order chi connectivity index (χ1) is 15.0. The highest BCUT2D eigenvalue weighted by atomic mass is 16.5. The second-order valence-corrected chi connectivity index (χ2v) is 7.81. The standard InChI is InChI=1S/C22H26N6O3/c1-16(29)27-11-8-22(9-12-27,17-6-3-2-4-7-17)21(30)31-13-5-10-28-15-26-18-19(23)24-14-25-20(18)28/h2-4,6-7,14-15H,5,8-13H2,1H3,(H2,23,24,25). The molecule has 0 bridgehead atoms. The van der Waals surface area contributed by atoms with E-state index in [4.69, 9.17) is 10.5 Å². The average Bonchev–Trinajstić information content (AvgIpc) is 3.21. The molecule has 0 spiro atoms. The number of ether oxygens (including phenoxy) is 1. The van der Waals surface area contributed by atoms with Gasteiger partial charge in [-0.2, -0.15) is 0 Å². The fourth-order valence-electron chi connectivity index (χ4n) is 4.17. The summed E-state index contributed by atoms with van der Waals surface area (Å²) in [5, 5.41) is 0. The van der Waals surface area contributed by atoms with Crippen molar-refractivity contribution in [1.29, 1.82) is 0 Å². The Morgan fingerprint density at radius 3 is 2.58 bits per heavy atom. The third kappa shape index (κ3) is 4.08. The molecule has 31 heavy (non-hydrogen) atoms. The number of fused-ring (bicyclic) bond motifs is 1. The highest BCUT2D eigenvalue weighted by Gasteiger charge is 2.44. The number of nitrogens with zero attached hydrogens (tertiary/aromatic N) is 5. The van der Waals surface area contributed by atoms with E-state index in [0.717, 1.165) is 5.56 Å². The zero-order chi connectivity index (χ0) is 21.8. The zero-order valence-corrected chi connectivity index (χ0v) is 17.5. The number of amides is 1. The maximum atomic E-state index is 13.2. The number of anilines is 1. The van der Waals surface area contributed by atoms with Gasteiger partial charge in [0.05, 0.1) is 18.3 Å². The van der Waals surface area contributed by atoms with Crippen molar-refractivity contribution in [2.75, 3.05) is 25.4 Å². The van der Waals surface area contributed by atoms with Crippen LogP contribution in [0.5, 0.6) is 0 Å². The molecule has 4 rings (SSSR count). The molecule has 1 aromatic carbocycles. The highest BCUT2D eigenvalue weighted by molar-refractivity contribution is 5.84. The average molecular weight is 422 g/mol. The second-order valence-electron chi connectivity index (χ2n) is 7.81. The molecule has 2 aromatic heterocycles. The van der Waals surface area contributed by atoms with Crippen LogP contribution >= 0.6 is 0 Å². The van der Waals surface area contributed by atoms with Crippen molar-refractivity contribution >= 4 is 28.9 Å². The number of esters is 1. The molecule has 0 radical (unpaired) electrons. The first-order valence-corrected chi connectivity index (χ1v) is 10.4. The van der Waals surface area contributed by atoms with E-state index in [1.807, 2.05) is 34.9 Å². The van der Waals surface area contributed by atoms with Crippen molar-refractivity contribution in [2.45, 2.75) is 38.1 Å². The van der Waals surface area contributed by atoms with Gasteiger partial charge in [-0.1, -0.05) is 30.3 Å². The minimum atomic E-state index is -0.726. The van der Waals surface area contributed by atoms with E-state index in [1.54, 1.807) is 18.2 Å². The predicted octanol–water partition coefficient (Wildman–Crippen LogP) is 1.92. The number of hydrogen-bond acceptors (Lipinski definition) is 7. The summed E-state index contributed by atoms with van der Waals surface area (Å²) in [5.41, 5.74) is 7.27. The van der Waals surface area contributed by atoms with Crippen LogP contribution in [0, 0.1) is 0 Å². The zero-order valence-electron chi connectivity index (χ0n) is 17.5. The van der Waals surface area contributed by atoms with Crippen LogP contribution in [0.15, 0.2) is 43.0 Å². The van der Waals surface area contributed by atoms with E-state index >= 15 is 0 Å². The van der Waals surface area contributed by atoms with Crippen molar-refractivity contribution < 1.29 is 14.3 Å². The first kappa shape index (κ1) is 20.8. The Hall–Kier alpha value is -3.49. The van der Waals surface area contributed by atoms with Crippen LogP contribution < -0.4 is 5.73 Å². The maximum absolute atomic E-state index is 13.2. The molecular weight excluding hydrogens is 396 g/mol. The van der Waals surface area contributed by atoms with E-state index in [2.05, 4.69) is 15.0 Å². The number of aromatic nitrogens is 4. The molecule has 1 aliphatic rings. The summed E-state index contributed by atoms with van der Waals surface area (Å²) in [4.78, 5) is 39.2. The summed E-state index contributed by atoms with van der Waals surface area (Å²) < 4.78 is 7.61. The van der Waals surface area contributed by atoms with E-state index in [9.17, 15) is 9.59 Å². The summed E-state index contributed by atoms with van der Waals surface area (Å²) >= 11 is 0. The topological polar surface area (TPSA) is 116 Å². The monoisotopic (exact) mass is 422 g/mol. The molecular formula is C22H26N6O3. The Morgan fingerprint density at radius 1 is 1.13 bits per heavy atom. The van der Waals surface area contributed by atoms with Crippen molar-refractivity contribution in [3.8, 4) is 0 Å². The largest absolute Gasteiger partial charge is 0.465 e. The van der Waals surface area contributed by atoms with Gasteiger partial charge in [-0.05, 0) is 24.8 Å². The smallest absolute Gasteiger partial charge is 0.316 e. The second kappa shape index (κ2) is 8.71. The lowest BCUT2D eigenvalue weighted by molar-refractivity contribution is -0.154. The maximum Gasteiger partial charge on any atom is 0.316 e. The van der Waals surface area contributed by atoms with Crippen LogP contribution in [0.4, 0.5) is 5.82 Å². The number of likely N-dealkylation sites (tertiary alicyclic amines) is 1. The van der Waals surface area contributed by atoms with Crippen molar-refractivity contribution in [1.82, 2.24) is 24.4 Å². The Bertz CT molecular complexity index is 1070. The Labute approximate surface area is 180 Å². The lowest BCUT2D eigenvalue weighted by Crippen LogP contribution is -2.49. The van der Waals surface area contributed by atoms with Gasteiger partial charge in [-0.3, -0.25) is 9.59 Å². The van der Waals surface area contributed by atoms with Crippen LogP contribution in [0.25, 0.3) is 11.2 Å². The molecule has 3 aromatic rings. The highest BCUT2D eigenvalue weighted by Crippen LogP contribution is 2.37. The first-order valence-electron chi connectivity index (χ1n) is 10.4. The van der Waals surface area contributed by atoms with E-state index < -0.39 is 5.41 Å². The van der Waals surface area contributed by atoms with E-state index in [0.29, 0.717) is 55.9 Å². The molecule has 3 heterocycles. The number of imidazole rings is 1. The van der Waals surface area contributed by atoms with E-state index in [-0.39, 0.29) is 18.5 Å². The minimum Gasteiger partial charge on any atom is -0.465 e. The third-order valence-corrected chi connectivity index (χ3v) is 5.99. The number of nitrogen functional groups attached to an aromatic ring is 1. The molecule has 1 fully saturated rings. The summed E-state index contributed by atoms with van der Waals surface area (Å²) in [7, 11) is 0. The number of hydrogen-bond donors (Lipinski definition) is 1. The summed E-state index contributed by atoms with van der Waals surface area (Å²) in [5.74, 6) is 0.146. The van der Waals surface area contributed by atoms with Crippen molar-refractivity contribution in [2.24, 2.45) is 0 Å².